The molecule has 0 amide bonds. The fourth-order valence-corrected chi connectivity index (χ4v) is 2.35. The van der Waals surface area contributed by atoms with Crippen LogP contribution in [0.2, 0.25) is 0 Å². The van der Waals surface area contributed by atoms with Crippen molar-refractivity contribution in [3.05, 3.63) is 24.0 Å². The summed E-state index contributed by atoms with van der Waals surface area (Å²) in [6, 6.07) is 3.87. The minimum atomic E-state index is 0.344. The number of hydrogen-bond donors (Lipinski definition) is 2. The second-order valence-corrected chi connectivity index (χ2v) is 5.00. The maximum absolute atomic E-state index is 5.64. The quantitative estimate of drug-likeness (QED) is 0.783. The Kier molecular flexibility index (Phi) is 3.91. The highest BCUT2D eigenvalue weighted by Crippen LogP contribution is 2.17. The summed E-state index contributed by atoms with van der Waals surface area (Å²) >= 11 is 4.98. The van der Waals surface area contributed by atoms with Crippen LogP contribution in [0.5, 0.6) is 0 Å². The van der Waals surface area contributed by atoms with Crippen LogP contribution in [0.15, 0.2) is 18.3 Å². The van der Waals surface area contributed by atoms with E-state index in [2.05, 4.69) is 22.2 Å². The van der Waals surface area contributed by atoms with Gasteiger partial charge in [-0.05, 0) is 38.1 Å². The first kappa shape index (κ1) is 12.3. The molecule has 0 bridgehead atoms. The van der Waals surface area contributed by atoms with Crippen LogP contribution in [0.3, 0.4) is 0 Å². The molecule has 1 aliphatic heterocycles. The second kappa shape index (κ2) is 5.42. The van der Waals surface area contributed by atoms with Crippen LogP contribution in [-0.4, -0.2) is 41.6 Å². The van der Waals surface area contributed by atoms with Gasteiger partial charge in [-0.2, -0.15) is 0 Å². The Morgan fingerprint density at radius 1 is 1.71 bits per heavy atom. The van der Waals surface area contributed by atoms with Gasteiger partial charge in [-0.3, -0.25) is 4.98 Å². The van der Waals surface area contributed by atoms with Gasteiger partial charge in [-0.15, -0.1) is 0 Å². The molecule has 0 aliphatic carbocycles. The highest BCUT2D eigenvalue weighted by atomic mass is 32.1. The highest BCUT2D eigenvalue weighted by molar-refractivity contribution is 7.80. The van der Waals surface area contributed by atoms with Crippen LogP contribution in [0, 0.1) is 5.92 Å². The molecule has 0 saturated carbocycles. The van der Waals surface area contributed by atoms with Gasteiger partial charge in [0.05, 0.1) is 5.69 Å². The lowest BCUT2D eigenvalue weighted by atomic mass is 10.1. The number of nitrogens with two attached hydrogens (primary N) is 1. The molecule has 1 fully saturated rings. The van der Waals surface area contributed by atoms with Gasteiger partial charge >= 0.3 is 0 Å². The van der Waals surface area contributed by atoms with Crippen molar-refractivity contribution in [2.45, 2.75) is 6.42 Å². The van der Waals surface area contributed by atoms with Crippen LogP contribution in [0.4, 0.5) is 5.69 Å². The first-order valence-electron chi connectivity index (χ1n) is 5.84. The van der Waals surface area contributed by atoms with E-state index in [1.165, 1.54) is 13.0 Å². The SMILES string of the molecule is CN1CCC(CNc2cccnc2C(N)=S)C1. The molecule has 4 nitrogen and oxygen atoms in total. The summed E-state index contributed by atoms with van der Waals surface area (Å²) < 4.78 is 0. The summed E-state index contributed by atoms with van der Waals surface area (Å²) in [5.74, 6) is 0.694. The van der Waals surface area contributed by atoms with Gasteiger partial charge in [0, 0.05) is 19.3 Å². The molecule has 17 heavy (non-hydrogen) atoms. The molecule has 1 saturated heterocycles. The van der Waals surface area contributed by atoms with E-state index in [0.29, 0.717) is 16.6 Å². The van der Waals surface area contributed by atoms with E-state index in [1.54, 1.807) is 6.20 Å². The summed E-state index contributed by atoms with van der Waals surface area (Å²) in [5, 5.41) is 3.40. The zero-order valence-electron chi connectivity index (χ0n) is 10.0. The second-order valence-electron chi connectivity index (χ2n) is 4.56. The zero-order chi connectivity index (χ0) is 12.3. The van der Waals surface area contributed by atoms with Crippen LogP contribution >= 0.6 is 12.2 Å². The van der Waals surface area contributed by atoms with Crippen molar-refractivity contribution in [2.24, 2.45) is 11.7 Å². The van der Waals surface area contributed by atoms with Gasteiger partial charge in [0.25, 0.3) is 0 Å². The fourth-order valence-electron chi connectivity index (χ4n) is 2.19. The van der Waals surface area contributed by atoms with E-state index in [-0.39, 0.29) is 0 Å². The van der Waals surface area contributed by atoms with Crippen LogP contribution in [-0.2, 0) is 0 Å². The Labute approximate surface area is 107 Å². The number of hydrogen-bond acceptors (Lipinski definition) is 4. The number of anilines is 1. The topological polar surface area (TPSA) is 54.2 Å². The molecule has 3 N–H and O–H groups in total. The molecule has 1 atom stereocenters. The molecule has 0 radical (unpaired) electrons. The standard InChI is InChI=1S/C12H18N4S/c1-16-6-4-9(8-16)7-15-10-3-2-5-14-11(10)12(13)17/h2-3,5,9,15H,4,6-8H2,1H3,(H2,13,17). The number of pyridine rings is 1. The van der Waals surface area contributed by atoms with Gasteiger partial charge in [0.15, 0.2) is 0 Å². The molecular weight excluding hydrogens is 232 g/mol. The molecule has 1 aromatic heterocycles. The summed E-state index contributed by atoms with van der Waals surface area (Å²) in [6.45, 7) is 3.28. The fraction of sp³-hybridized carbons (Fsp3) is 0.500. The number of nitrogens with zero attached hydrogens (tertiary/aromatic N) is 2. The average Bonchev–Trinajstić information content (AvgIpc) is 2.73. The van der Waals surface area contributed by atoms with Crippen molar-refractivity contribution >= 4 is 22.9 Å². The molecule has 5 heteroatoms. The van der Waals surface area contributed by atoms with Crippen molar-refractivity contribution in [3.63, 3.8) is 0 Å². The Morgan fingerprint density at radius 3 is 3.18 bits per heavy atom. The molecule has 1 aliphatic rings. The van der Waals surface area contributed by atoms with Crippen LogP contribution in [0.1, 0.15) is 12.1 Å². The number of rotatable bonds is 4. The molecule has 1 aromatic rings. The predicted molar refractivity (Wildman–Crippen MR) is 74.2 cm³/mol. The van der Waals surface area contributed by atoms with E-state index < -0.39 is 0 Å². The van der Waals surface area contributed by atoms with E-state index in [4.69, 9.17) is 18.0 Å². The van der Waals surface area contributed by atoms with E-state index >= 15 is 0 Å². The van der Waals surface area contributed by atoms with E-state index in [1.807, 2.05) is 12.1 Å². The lowest BCUT2D eigenvalue weighted by molar-refractivity contribution is 0.399. The molecule has 92 valence electrons. The summed E-state index contributed by atoms with van der Waals surface area (Å²) in [6.07, 6.45) is 2.95. The third kappa shape index (κ3) is 3.14. The van der Waals surface area contributed by atoms with Crippen molar-refractivity contribution < 1.29 is 0 Å². The molecule has 2 heterocycles. The molecule has 0 spiro atoms. The lowest BCUT2D eigenvalue weighted by Crippen LogP contribution is -2.21. The van der Waals surface area contributed by atoms with Crippen LogP contribution < -0.4 is 11.1 Å². The first-order chi connectivity index (χ1) is 8.16. The molecule has 1 unspecified atom stereocenters. The number of nitrogens with one attached hydrogen (secondary N) is 1. The summed E-state index contributed by atoms with van der Waals surface area (Å²) in [7, 11) is 2.16. The van der Waals surface area contributed by atoms with Crippen molar-refractivity contribution in [1.29, 1.82) is 0 Å². The smallest absolute Gasteiger partial charge is 0.124 e. The van der Waals surface area contributed by atoms with E-state index in [9.17, 15) is 0 Å². The van der Waals surface area contributed by atoms with Crippen molar-refractivity contribution in [2.75, 3.05) is 32.0 Å². The third-order valence-corrected chi connectivity index (χ3v) is 3.30. The Bertz CT molecular complexity index is 407. The number of aromatic nitrogens is 1. The number of thiocarbonyl (C=S) groups is 1. The maximum atomic E-state index is 5.64. The predicted octanol–water partition coefficient (Wildman–Crippen LogP) is 1.08. The monoisotopic (exact) mass is 250 g/mol. The average molecular weight is 250 g/mol. The van der Waals surface area contributed by atoms with Gasteiger partial charge in [0.2, 0.25) is 0 Å². The van der Waals surface area contributed by atoms with E-state index in [0.717, 1.165) is 18.8 Å². The molecular formula is C12H18N4S. The van der Waals surface area contributed by atoms with Gasteiger partial charge in [0.1, 0.15) is 10.7 Å². The molecule has 0 aromatic carbocycles. The Hall–Kier alpha value is -1.20. The normalized spacial score (nSPS) is 20.4. The summed E-state index contributed by atoms with van der Waals surface area (Å²) in [5.41, 5.74) is 7.27. The molecule has 2 rings (SSSR count). The van der Waals surface area contributed by atoms with Gasteiger partial charge < -0.3 is 16.0 Å². The van der Waals surface area contributed by atoms with Crippen LogP contribution in [0.25, 0.3) is 0 Å². The van der Waals surface area contributed by atoms with Gasteiger partial charge in [-0.1, -0.05) is 12.2 Å². The largest absolute Gasteiger partial charge is 0.388 e. The number of likely N-dealkylation sites (tertiary alicyclic amines) is 1. The minimum Gasteiger partial charge on any atom is -0.388 e. The highest BCUT2D eigenvalue weighted by Gasteiger charge is 2.19. The van der Waals surface area contributed by atoms with Gasteiger partial charge in [-0.25, -0.2) is 0 Å². The van der Waals surface area contributed by atoms with Crippen molar-refractivity contribution in [1.82, 2.24) is 9.88 Å². The minimum absolute atomic E-state index is 0.344. The summed E-state index contributed by atoms with van der Waals surface area (Å²) in [4.78, 5) is 6.89. The lowest BCUT2D eigenvalue weighted by Gasteiger charge is -2.14. The Morgan fingerprint density at radius 2 is 2.53 bits per heavy atom. The maximum Gasteiger partial charge on any atom is 0.124 e. The Balaban J connectivity index is 1.97. The first-order valence-corrected chi connectivity index (χ1v) is 6.25. The third-order valence-electron chi connectivity index (χ3n) is 3.11. The van der Waals surface area contributed by atoms with Crippen molar-refractivity contribution in [3.8, 4) is 0 Å². The zero-order valence-corrected chi connectivity index (χ0v) is 10.8.